The Morgan fingerprint density at radius 1 is 1.10 bits per heavy atom. The number of carbonyl (C=O) groups excluding carboxylic acids is 1. The fourth-order valence-electron chi connectivity index (χ4n) is 1.91. The van der Waals surface area contributed by atoms with Gasteiger partial charge in [-0.1, -0.05) is 30.3 Å². The highest BCUT2D eigenvalue weighted by Crippen LogP contribution is 2.05. The molecule has 0 aromatic heterocycles. The Bertz CT molecular complexity index is 621. The molecule has 0 N–H and O–H groups in total. The lowest BCUT2D eigenvalue weighted by Gasteiger charge is -2.04. The molecule has 0 radical (unpaired) electrons. The van der Waals surface area contributed by atoms with Gasteiger partial charge in [0.1, 0.15) is 5.82 Å². The Kier molecular flexibility index (Phi) is 5.21. The first-order chi connectivity index (χ1) is 10.1. The molecule has 0 amide bonds. The lowest BCUT2D eigenvalue weighted by atomic mass is 10.1. The minimum Gasteiger partial charge on any atom is -0.624 e. The maximum absolute atomic E-state index is 12.7. The van der Waals surface area contributed by atoms with Gasteiger partial charge in [0.05, 0.1) is 6.42 Å². The van der Waals surface area contributed by atoms with E-state index in [-0.39, 0.29) is 18.0 Å². The molecule has 0 atom stereocenters. The van der Waals surface area contributed by atoms with Crippen molar-refractivity contribution in [2.75, 3.05) is 6.54 Å². The third kappa shape index (κ3) is 4.84. The van der Waals surface area contributed by atoms with Crippen LogP contribution in [-0.2, 0) is 6.42 Å². The Morgan fingerprint density at radius 3 is 2.43 bits per heavy atom. The number of Topliss-reactive ketones (excluding diaryl/α,β-unsaturated/α-hetero) is 1. The van der Waals surface area contributed by atoms with Crippen molar-refractivity contribution in [3.8, 4) is 0 Å². The molecule has 4 heteroatoms. The van der Waals surface area contributed by atoms with Crippen LogP contribution in [0.5, 0.6) is 0 Å². The second-order valence-electron chi connectivity index (χ2n) is 4.69. The van der Waals surface area contributed by atoms with Gasteiger partial charge in [-0.05, 0) is 29.8 Å². The standard InChI is InChI=1S/C17H16FNO2/c18-16-8-6-15(7-9-16)17(20)11-13-19(21)12-10-14-4-2-1-3-5-14/h1-9,13H,10-12H2/b19-13-. The SMILES string of the molecule is O=C(C/C=[N+](\[O-])CCc1ccccc1)c1ccc(F)cc1. The van der Waals surface area contributed by atoms with E-state index < -0.39 is 0 Å². The summed E-state index contributed by atoms with van der Waals surface area (Å²) >= 11 is 0. The highest BCUT2D eigenvalue weighted by molar-refractivity contribution is 6.02. The van der Waals surface area contributed by atoms with Gasteiger partial charge in [-0.2, -0.15) is 0 Å². The number of nitrogens with zero attached hydrogens (tertiary/aromatic N) is 1. The highest BCUT2D eigenvalue weighted by Gasteiger charge is 2.06. The molecule has 0 unspecified atom stereocenters. The third-order valence-electron chi connectivity index (χ3n) is 3.11. The monoisotopic (exact) mass is 285 g/mol. The van der Waals surface area contributed by atoms with E-state index >= 15 is 0 Å². The van der Waals surface area contributed by atoms with Crippen molar-refractivity contribution in [3.05, 3.63) is 76.7 Å². The largest absolute Gasteiger partial charge is 0.624 e. The van der Waals surface area contributed by atoms with Crippen LogP contribution in [-0.4, -0.2) is 23.3 Å². The summed E-state index contributed by atoms with van der Waals surface area (Å²) < 4.78 is 13.5. The molecule has 0 heterocycles. The molecule has 2 aromatic rings. The van der Waals surface area contributed by atoms with E-state index in [0.29, 0.717) is 18.5 Å². The van der Waals surface area contributed by atoms with Gasteiger partial charge in [-0.3, -0.25) is 4.79 Å². The van der Waals surface area contributed by atoms with Crippen LogP contribution in [0.4, 0.5) is 4.39 Å². The van der Waals surface area contributed by atoms with Gasteiger partial charge in [0.15, 0.2) is 18.5 Å². The number of rotatable bonds is 6. The van der Waals surface area contributed by atoms with Crippen LogP contribution in [0.2, 0.25) is 0 Å². The smallest absolute Gasteiger partial charge is 0.172 e. The van der Waals surface area contributed by atoms with Crippen molar-refractivity contribution in [3.63, 3.8) is 0 Å². The van der Waals surface area contributed by atoms with E-state index in [1.54, 1.807) is 0 Å². The summed E-state index contributed by atoms with van der Waals surface area (Å²) in [6.45, 7) is 0.306. The molecule has 0 bridgehead atoms. The molecular formula is C17H16FNO2. The van der Waals surface area contributed by atoms with Crippen molar-refractivity contribution in [2.45, 2.75) is 12.8 Å². The molecule has 0 aliphatic rings. The summed E-state index contributed by atoms with van der Waals surface area (Å²) in [6.07, 6.45) is 1.98. The summed E-state index contributed by atoms with van der Waals surface area (Å²) in [5.74, 6) is -0.584. The second-order valence-corrected chi connectivity index (χ2v) is 4.69. The van der Waals surface area contributed by atoms with Gasteiger partial charge in [0.25, 0.3) is 0 Å². The number of hydrogen-bond donors (Lipinski definition) is 0. The Balaban J connectivity index is 1.85. The minimum absolute atomic E-state index is 0.0178. The average molecular weight is 285 g/mol. The molecule has 0 saturated carbocycles. The summed E-state index contributed by atoms with van der Waals surface area (Å²) in [7, 11) is 0. The van der Waals surface area contributed by atoms with Gasteiger partial charge in [0.2, 0.25) is 0 Å². The molecule has 2 aromatic carbocycles. The Hall–Kier alpha value is -2.49. The first-order valence-corrected chi connectivity index (χ1v) is 6.75. The third-order valence-corrected chi connectivity index (χ3v) is 3.11. The van der Waals surface area contributed by atoms with E-state index in [2.05, 4.69) is 0 Å². The summed E-state index contributed by atoms with van der Waals surface area (Å²) in [5.41, 5.74) is 1.49. The van der Waals surface area contributed by atoms with Crippen LogP contribution in [0, 0.1) is 11.0 Å². The van der Waals surface area contributed by atoms with Gasteiger partial charge in [0, 0.05) is 12.0 Å². The second kappa shape index (κ2) is 7.33. The Morgan fingerprint density at radius 2 is 1.76 bits per heavy atom. The molecule has 2 rings (SSSR count). The van der Waals surface area contributed by atoms with Crippen molar-refractivity contribution < 1.29 is 13.9 Å². The maximum Gasteiger partial charge on any atom is 0.172 e. The first kappa shape index (κ1) is 14.9. The quantitative estimate of drug-likeness (QED) is 0.269. The van der Waals surface area contributed by atoms with Gasteiger partial charge < -0.3 is 5.21 Å². The van der Waals surface area contributed by atoms with E-state index in [1.807, 2.05) is 30.3 Å². The number of carbonyl (C=O) groups is 1. The zero-order chi connectivity index (χ0) is 15.1. The molecule has 0 aliphatic heterocycles. The molecule has 0 saturated heterocycles. The van der Waals surface area contributed by atoms with E-state index in [4.69, 9.17) is 0 Å². The minimum atomic E-state index is -0.385. The van der Waals surface area contributed by atoms with Gasteiger partial charge >= 0.3 is 0 Å². The summed E-state index contributed by atoms with van der Waals surface area (Å²) in [5, 5.41) is 11.7. The normalized spacial score (nSPS) is 11.4. The first-order valence-electron chi connectivity index (χ1n) is 6.75. The predicted octanol–water partition coefficient (Wildman–Crippen LogP) is 3.22. The van der Waals surface area contributed by atoms with Gasteiger partial charge in [-0.15, -0.1) is 0 Å². The van der Waals surface area contributed by atoms with E-state index in [0.717, 1.165) is 10.3 Å². The lowest BCUT2D eigenvalue weighted by Crippen LogP contribution is -2.12. The van der Waals surface area contributed by atoms with Crippen LogP contribution < -0.4 is 0 Å². The van der Waals surface area contributed by atoms with Crippen LogP contribution in [0.25, 0.3) is 0 Å². The van der Waals surface area contributed by atoms with Crippen LogP contribution in [0.1, 0.15) is 22.3 Å². The van der Waals surface area contributed by atoms with Crippen molar-refractivity contribution >= 4 is 12.0 Å². The summed E-state index contributed by atoms with van der Waals surface area (Å²) in [4.78, 5) is 11.8. The number of ketones is 1. The Labute approximate surface area is 122 Å². The zero-order valence-corrected chi connectivity index (χ0v) is 11.5. The van der Waals surface area contributed by atoms with E-state index in [1.165, 1.54) is 30.5 Å². The maximum atomic E-state index is 12.7. The van der Waals surface area contributed by atoms with Crippen LogP contribution >= 0.6 is 0 Å². The number of halogens is 1. The number of hydroxylamine groups is 1. The fraction of sp³-hybridized carbons (Fsp3) is 0.176. The van der Waals surface area contributed by atoms with Crippen molar-refractivity contribution in [1.82, 2.24) is 0 Å². The fourth-order valence-corrected chi connectivity index (χ4v) is 1.91. The molecule has 108 valence electrons. The molecule has 3 nitrogen and oxygen atoms in total. The topological polar surface area (TPSA) is 43.1 Å². The molecule has 0 fully saturated rings. The van der Waals surface area contributed by atoms with Crippen molar-refractivity contribution in [2.24, 2.45) is 0 Å². The average Bonchev–Trinajstić information content (AvgIpc) is 2.52. The van der Waals surface area contributed by atoms with Gasteiger partial charge in [-0.25, -0.2) is 9.13 Å². The summed E-state index contributed by atoms with van der Waals surface area (Å²) in [6, 6.07) is 15.0. The van der Waals surface area contributed by atoms with Crippen LogP contribution in [0.15, 0.2) is 54.6 Å². The lowest BCUT2D eigenvalue weighted by molar-refractivity contribution is -0.452. The van der Waals surface area contributed by atoms with Crippen molar-refractivity contribution in [1.29, 1.82) is 0 Å². The number of benzene rings is 2. The molecule has 0 aliphatic carbocycles. The molecule has 0 spiro atoms. The number of hydrogen-bond acceptors (Lipinski definition) is 2. The van der Waals surface area contributed by atoms with Crippen LogP contribution in [0.3, 0.4) is 0 Å². The zero-order valence-electron chi connectivity index (χ0n) is 11.5. The predicted molar refractivity (Wildman–Crippen MR) is 80.1 cm³/mol. The van der Waals surface area contributed by atoms with E-state index in [9.17, 15) is 14.4 Å². The highest BCUT2D eigenvalue weighted by atomic mass is 19.1. The molecular weight excluding hydrogens is 269 g/mol. The molecule has 21 heavy (non-hydrogen) atoms.